The lowest BCUT2D eigenvalue weighted by Gasteiger charge is -2.07. The third-order valence-corrected chi connectivity index (χ3v) is 2.34. The number of nitrogen functional groups attached to an aromatic ring is 1. The van der Waals surface area contributed by atoms with Crippen LogP contribution in [0.15, 0.2) is 6.20 Å². The Hall–Kier alpha value is -1.56. The highest BCUT2D eigenvalue weighted by molar-refractivity contribution is 5.97. The molecule has 0 atom stereocenters. The number of rotatable bonds is 7. The molecule has 96 valence electrons. The lowest BCUT2D eigenvalue weighted by molar-refractivity contribution is 0.0934. The van der Waals surface area contributed by atoms with Crippen molar-refractivity contribution in [1.82, 2.24) is 15.1 Å². The van der Waals surface area contributed by atoms with Crippen LogP contribution in [-0.4, -0.2) is 35.4 Å². The summed E-state index contributed by atoms with van der Waals surface area (Å²) in [6.45, 7) is 6.41. The molecule has 1 heterocycles. The Morgan fingerprint density at radius 3 is 3.00 bits per heavy atom. The molecule has 0 saturated heterocycles. The van der Waals surface area contributed by atoms with E-state index in [4.69, 9.17) is 10.5 Å². The molecule has 0 radical (unpaired) electrons. The smallest absolute Gasteiger partial charge is 0.271 e. The van der Waals surface area contributed by atoms with Crippen molar-refractivity contribution in [3.8, 4) is 0 Å². The first-order valence-electron chi connectivity index (χ1n) is 5.87. The maximum atomic E-state index is 11.8. The molecule has 0 aliphatic carbocycles. The van der Waals surface area contributed by atoms with E-state index in [2.05, 4.69) is 10.4 Å². The summed E-state index contributed by atoms with van der Waals surface area (Å²) in [7, 11) is 0. The van der Waals surface area contributed by atoms with Crippen LogP contribution in [0.3, 0.4) is 0 Å². The average Bonchev–Trinajstić information content (AvgIpc) is 2.70. The third kappa shape index (κ3) is 3.74. The van der Waals surface area contributed by atoms with Crippen LogP contribution in [-0.2, 0) is 11.3 Å². The molecule has 0 unspecified atom stereocenters. The quantitative estimate of drug-likeness (QED) is 0.685. The highest BCUT2D eigenvalue weighted by atomic mass is 16.5. The van der Waals surface area contributed by atoms with E-state index in [1.54, 1.807) is 4.68 Å². The fraction of sp³-hybridized carbons (Fsp3) is 0.636. The van der Waals surface area contributed by atoms with Crippen LogP contribution in [0.25, 0.3) is 0 Å². The number of carbonyl (C=O) groups is 1. The summed E-state index contributed by atoms with van der Waals surface area (Å²) >= 11 is 0. The number of anilines is 1. The van der Waals surface area contributed by atoms with Crippen LogP contribution in [0, 0.1) is 0 Å². The fourth-order valence-corrected chi connectivity index (χ4v) is 1.49. The minimum Gasteiger partial charge on any atom is -0.396 e. The Kier molecular flexibility index (Phi) is 5.48. The van der Waals surface area contributed by atoms with Crippen LogP contribution < -0.4 is 11.1 Å². The summed E-state index contributed by atoms with van der Waals surface area (Å²) < 4.78 is 6.77. The first-order valence-corrected chi connectivity index (χ1v) is 5.87. The number of aryl methyl sites for hydroxylation is 1. The first-order chi connectivity index (χ1) is 8.20. The van der Waals surface area contributed by atoms with E-state index in [-0.39, 0.29) is 5.91 Å². The molecule has 6 heteroatoms. The first kappa shape index (κ1) is 13.5. The van der Waals surface area contributed by atoms with Crippen molar-refractivity contribution in [1.29, 1.82) is 0 Å². The van der Waals surface area contributed by atoms with Crippen molar-refractivity contribution >= 4 is 11.6 Å². The van der Waals surface area contributed by atoms with Crippen molar-refractivity contribution < 1.29 is 9.53 Å². The molecule has 0 spiro atoms. The Morgan fingerprint density at radius 2 is 2.35 bits per heavy atom. The van der Waals surface area contributed by atoms with Gasteiger partial charge in [0.2, 0.25) is 0 Å². The standard InChI is InChI=1S/C11H20N4O2/c1-3-15-10(9(12)8-14-15)11(16)13-6-5-7-17-4-2/h8H,3-7,12H2,1-2H3,(H,13,16). The summed E-state index contributed by atoms with van der Waals surface area (Å²) in [6, 6.07) is 0. The van der Waals surface area contributed by atoms with Gasteiger partial charge in [0.05, 0.1) is 11.9 Å². The Balaban J connectivity index is 2.44. The van der Waals surface area contributed by atoms with Gasteiger partial charge in [-0.25, -0.2) is 0 Å². The zero-order valence-corrected chi connectivity index (χ0v) is 10.4. The maximum Gasteiger partial charge on any atom is 0.271 e. The van der Waals surface area contributed by atoms with Crippen molar-refractivity contribution in [2.24, 2.45) is 0 Å². The molecule has 1 aromatic heterocycles. The summed E-state index contributed by atoms with van der Waals surface area (Å²) in [5, 5.41) is 6.82. The zero-order valence-electron chi connectivity index (χ0n) is 10.4. The van der Waals surface area contributed by atoms with Gasteiger partial charge in [-0.1, -0.05) is 0 Å². The molecular formula is C11H20N4O2. The number of nitrogens with two attached hydrogens (primary N) is 1. The molecule has 17 heavy (non-hydrogen) atoms. The number of nitrogens with zero attached hydrogens (tertiary/aromatic N) is 2. The van der Waals surface area contributed by atoms with Gasteiger partial charge in [0.25, 0.3) is 5.91 Å². The van der Waals surface area contributed by atoms with Gasteiger partial charge in [-0.05, 0) is 20.3 Å². The molecule has 0 aromatic carbocycles. The van der Waals surface area contributed by atoms with E-state index in [1.807, 2.05) is 13.8 Å². The second kappa shape index (κ2) is 6.90. The largest absolute Gasteiger partial charge is 0.396 e. The second-order valence-corrected chi connectivity index (χ2v) is 3.57. The van der Waals surface area contributed by atoms with E-state index in [0.717, 1.165) is 6.42 Å². The van der Waals surface area contributed by atoms with Gasteiger partial charge in [0.15, 0.2) is 0 Å². The van der Waals surface area contributed by atoms with E-state index in [9.17, 15) is 4.79 Å². The Bertz CT molecular complexity index is 362. The predicted octanol–water partition coefficient (Wildman–Crippen LogP) is 0.642. The molecule has 6 nitrogen and oxygen atoms in total. The number of nitrogens with one attached hydrogen (secondary N) is 1. The molecule has 1 amide bonds. The van der Waals surface area contributed by atoms with Gasteiger partial charge >= 0.3 is 0 Å². The van der Waals surface area contributed by atoms with E-state index < -0.39 is 0 Å². The minimum atomic E-state index is -0.182. The number of aromatic nitrogens is 2. The zero-order chi connectivity index (χ0) is 12.7. The molecular weight excluding hydrogens is 220 g/mol. The summed E-state index contributed by atoms with van der Waals surface area (Å²) in [6.07, 6.45) is 2.29. The number of hydrogen-bond donors (Lipinski definition) is 2. The lowest BCUT2D eigenvalue weighted by Crippen LogP contribution is -2.28. The molecule has 0 aliphatic rings. The van der Waals surface area contributed by atoms with Crippen molar-refractivity contribution in [3.63, 3.8) is 0 Å². The van der Waals surface area contributed by atoms with Crippen LogP contribution in [0.4, 0.5) is 5.69 Å². The SMILES string of the molecule is CCOCCCNC(=O)c1c(N)cnn1CC. The lowest BCUT2D eigenvalue weighted by atomic mass is 10.3. The fourth-order valence-electron chi connectivity index (χ4n) is 1.49. The Morgan fingerprint density at radius 1 is 1.59 bits per heavy atom. The number of hydrogen-bond acceptors (Lipinski definition) is 4. The number of carbonyl (C=O) groups excluding carboxylic acids is 1. The minimum absolute atomic E-state index is 0.182. The summed E-state index contributed by atoms with van der Waals surface area (Å²) in [5.41, 5.74) is 6.55. The van der Waals surface area contributed by atoms with Crippen LogP contribution in [0.5, 0.6) is 0 Å². The van der Waals surface area contributed by atoms with E-state index in [1.165, 1.54) is 6.20 Å². The molecule has 0 aliphatic heterocycles. The van der Waals surface area contributed by atoms with Crippen molar-refractivity contribution in [2.75, 3.05) is 25.5 Å². The van der Waals surface area contributed by atoms with Gasteiger partial charge in [-0.3, -0.25) is 9.48 Å². The van der Waals surface area contributed by atoms with Gasteiger partial charge in [0.1, 0.15) is 5.69 Å². The van der Waals surface area contributed by atoms with Crippen molar-refractivity contribution in [2.45, 2.75) is 26.8 Å². The van der Waals surface area contributed by atoms with Crippen LogP contribution >= 0.6 is 0 Å². The van der Waals surface area contributed by atoms with Gasteiger partial charge < -0.3 is 15.8 Å². The topological polar surface area (TPSA) is 82.2 Å². The Labute approximate surface area is 101 Å². The van der Waals surface area contributed by atoms with Gasteiger partial charge in [0, 0.05) is 26.3 Å². The van der Waals surface area contributed by atoms with Gasteiger partial charge in [-0.2, -0.15) is 5.10 Å². The third-order valence-electron chi connectivity index (χ3n) is 2.34. The van der Waals surface area contributed by atoms with Crippen molar-refractivity contribution in [3.05, 3.63) is 11.9 Å². The highest BCUT2D eigenvalue weighted by Gasteiger charge is 2.15. The molecule has 1 aromatic rings. The summed E-state index contributed by atoms with van der Waals surface area (Å²) in [4.78, 5) is 11.8. The average molecular weight is 240 g/mol. The maximum absolute atomic E-state index is 11.8. The molecule has 0 saturated carbocycles. The van der Waals surface area contributed by atoms with E-state index >= 15 is 0 Å². The van der Waals surface area contributed by atoms with Gasteiger partial charge in [-0.15, -0.1) is 0 Å². The van der Waals surface area contributed by atoms with Crippen LogP contribution in [0.1, 0.15) is 30.8 Å². The highest BCUT2D eigenvalue weighted by Crippen LogP contribution is 2.10. The van der Waals surface area contributed by atoms with E-state index in [0.29, 0.717) is 37.7 Å². The number of amides is 1. The normalized spacial score (nSPS) is 10.5. The predicted molar refractivity (Wildman–Crippen MR) is 65.8 cm³/mol. The monoisotopic (exact) mass is 240 g/mol. The molecule has 3 N–H and O–H groups in total. The number of ether oxygens (including phenoxy) is 1. The van der Waals surface area contributed by atoms with Crippen LogP contribution in [0.2, 0.25) is 0 Å². The second-order valence-electron chi connectivity index (χ2n) is 3.57. The summed E-state index contributed by atoms with van der Waals surface area (Å²) in [5.74, 6) is -0.182. The molecule has 1 rings (SSSR count). The molecule has 0 fully saturated rings. The molecule has 0 bridgehead atoms.